The number of amides is 2. The largest absolute Gasteiger partial charge is 0.481 e. The Balaban J connectivity index is 1.40. The molecule has 32 heavy (non-hydrogen) atoms. The van der Waals surface area contributed by atoms with Crippen LogP contribution in [0.1, 0.15) is 56.1 Å². The Hall–Kier alpha value is -3.35. The van der Waals surface area contributed by atoms with Crippen molar-refractivity contribution in [2.45, 2.75) is 51.0 Å². The van der Waals surface area contributed by atoms with Gasteiger partial charge in [-0.05, 0) is 42.0 Å². The third-order valence-electron chi connectivity index (χ3n) is 5.59. The highest BCUT2D eigenvalue weighted by atomic mass is 16.5. The van der Waals surface area contributed by atoms with Crippen molar-refractivity contribution in [2.24, 2.45) is 0 Å². The minimum absolute atomic E-state index is 0.00659. The molecule has 0 aliphatic heterocycles. The monoisotopic (exact) mass is 438 g/mol. The van der Waals surface area contributed by atoms with Crippen molar-refractivity contribution in [3.05, 3.63) is 59.7 Å². The molecule has 170 valence electrons. The molecule has 1 aliphatic carbocycles. The average Bonchev–Trinajstić information content (AvgIpc) is 3.08. The van der Waals surface area contributed by atoms with E-state index in [1.165, 1.54) is 11.1 Å². The van der Waals surface area contributed by atoms with Gasteiger partial charge in [0.05, 0.1) is 0 Å². The van der Waals surface area contributed by atoms with Crippen LogP contribution >= 0.6 is 0 Å². The molecule has 0 unspecified atom stereocenters. The number of carbonyl (C=O) groups is 3. The quantitative estimate of drug-likeness (QED) is 0.459. The van der Waals surface area contributed by atoms with Gasteiger partial charge in [0.25, 0.3) is 0 Å². The van der Waals surface area contributed by atoms with Crippen molar-refractivity contribution in [3.8, 4) is 11.1 Å². The second kappa shape index (κ2) is 11.3. The van der Waals surface area contributed by atoms with E-state index < -0.39 is 12.1 Å². The average molecular weight is 439 g/mol. The maximum Gasteiger partial charge on any atom is 0.407 e. The fourth-order valence-electron chi connectivity index (χ4n) is 4.05. The first-order chi connectivity index (χ1) is 15.5. The molecule has 1 atom stereocenters. The molecule has 0 spiro atoms. The molecule has 7 nitrogen and oxygen atoms in total. The Labute approximate surface area is 188 Å². The normalized spacial score (nSPS) is 13.0. The summed E-state index contributed by atoms with van der Waals surface area (Å²) in [6.07, 6.45) is 1.84. The van der Waals surface area contributed by atoms with Crippen molar-refractivity contribution in [3.63, 3.8) is 0 Å². The van der Waals surface area contributed by atoms with Crippen LogP contribution in [0.2, 0.25) is 0 Å². The molecular formula is C25H30N2O5. The molecule has 2 aromatic rings. The highest BCUT2D eigenvalue weighted by Crippen LogP contribution is 2.44. The number of unbranched alkanes of at least 4 members (excludes halogenated alkanes) is 2. The van der Waals surface area contributed by atoms with Gasteiger partial charge in [-0.2, -0.15) is 0 Å². The summed E-state index contributed by atoms with van der Waals surface area (Å²) in [5.74, 6) is -0.968. The number of alkyl carbamates (subject to hydrolysis) is 1. The van der Waals surface area contributed by atoms with Crippen molar-refractivity contribution < 1.29 is 24.2 Å². The number of nitrogens with one attached hydrogen (secondary N) is 2. The topological polar surface area (TPSA) is 105 Å². The lowest BCUT2D eigenvalue weighted by molar-refractivity contribution is -0.137. The van der Waals surface area contributed by atoms with Gasteiger partial charge in [-0.25, -0.2) is 4.79 Å². The molecule has 0 saturated carbocycles. The smallest absolute Gasteiger partial charge is 0.407 e. The first-order valence-electron chi connectivity index (χ1n) is 11.1. The van der Waals surface area contributed by atoms with E-state index in [9.17, 15) is 14.4 Å². The van der Waals surface area contributed by atoms with Crippen molar-refractivity contribution in [1.29, 1.82) is 0 Å². The lowest BCUT2D eigenvalue weighted by Gasteiger charge is -2.17. The molecule has 0 bridgehead atoms. The highest BCUT2D eigenvalue weighted by molar-refractivity contribution is 5.79. The zero-order valence-corrected chi connectivity index (χ0v) is 18.3. The Morgan fingerprint density at radius 1 is 0.969 bits per heavy atom. The molecule has 0 radical (unpaired) electrons. The number of rotatable bonds is 11. The van der Waals surface area contributed by atoms with E-state index in [1.54, 1.807) is 6.92 Å². The maximum atomic E-state index is 12.3. The van der Waals surface area contributed by atoms with E-state index in [1.807, 2.05) is 24.3 Å². The Morgan fingerprint density at radius 3 is 2.22 bits per heavy atom. The van der Waals surface area contributed by atoms with E-state index in [-0.39, 0.29) is 37.3 Å². The van der Waals surface area contributed by atoms with Crippen LogP contribution in [0.15, 0.2) is 48.5 Å². The number of fused-ring (bicyclic) bond motifs is 3. The predicted octanol–water partition coefficient (Wildman–Crippen LogP) is 4.06. The molecule has 7 heteroatoms. The summed E-state index contributed by atoms with van der Waals surface area (Å²) in [6, 6.07) is 15.9. The summed E-state index contributed by atoms with van der Waals surface area (Å²) in [5.41, 5.74) is 4.64. The van der Waals surface area contributed by atoms with Crippen LogP contribution in [-0.4, -0.2) is 42.3 Å². The maximum absolute atomic E-state index is 12.3. The number of hydrogen-bond acceptors (Lipinski definition) is 4. The summed E-state index contributed by atoms with van der Waals surface area (Å²) < 4.78 is 5.51. The minimum Gasteiger partial charge on any atom is -0.481 e. The molecule has 3 N–H and O–H groups in total. The Bertz CT molecular complexity index is 913. The van der Waals surface area contributed by atoms with Crippen LogP contribution in [-0.2, 0) is 14.3 Å². The van der Waals surface area contributed by atoms with Crippen molar-refractivity contribution in [2.75, 3.05) is 13.2 Å². The zero-order valence-electron chi connectivity index (χ0n) is 18.3. The van der Waals surface area contributed by atoms with Crippen molar-refractivity contribution in [1.82, 2.24) is 10.6 Å². The molecule has 1 aliphatic rings. The van der Waals surface area contributed by atoms with Gasteiger partial charge >= 0.3 is 12.1 Å². The van der Waals surface area contributed by atoms with Gasteiger partial charge in [-0.1, -0.05) is 55.0 Å². The molecule has 0 saturated heterocycles. The fourth-order valence-corrected chi connectivity index (χ4v) is 4.05. The van der Waals surface area contributed by atoms with Crippen LogP contribution in [0.4, 0.5) is 4.79 Å². The predicted molar refractivity (Wildman–Crippen MR) is 121 cm³/mol. The van der Waals surface area contributed by atoms with Crippen LogP contribution in [0.25, 0.3) is 11.1 Å². The third kappa shape index (κ3) is 6.33. The van der Waals surface area contributed by atoms with Crippen LogP contribution in [0.3, 0.4) is 0 Å². The fraction of sp³-hybridized carbons (Fsp3) is 0.400. The van der Waals surface area contributed by atoms with Gasteiger partial charge in [0.1, 0.15) is 6.61 Å². The molecule has 2 amide bonds. The number of benzene rings is 2. The lowest BCUT2D eigenvalue weighted by atomic mass is 9.98. The zero-order chi connectivity index (χ0) is 22.9. The number of carbonyl (C=O) groups excluding carboxylic acids is 2. The second-order valence-corrected chi connectivity index (χ2v) is 8.13. The van der Waals surface area contributed by atoms with Crippen LogP contribution in [0, 0.1) is 0 Å². The van der Waals surface area contributed by atoms with E-state index in [0.29, 0.717) is 13.0 Å². The van der Waals surface area contributed by atoms with Crippen molar-refractivity contribution >= 4 is 18.0 Å². The molecule has 3 rings (SSSR count). The van der Waals surface area contributed by atoms with Gasteiger partial charge in [0.15, 0.2) is 0 Å². The number of hydrogen-bond donors (Lipinski definition) is 3. The summed E-state index contributed by atoms with van der Waals surface area (Å²) in [4.78, 5) is 34.8. The molecule has 0 aromatic heterocycles. The first kappa shape index (κ1) is 23.3. The highest BCUT2D eigenvalue weighted by Gasteiger charge is 2.29. The van der Waals surface area contributed by atoms with E-state index in [0.717, 1.165) is 24.0 Å². The second-order valence-electron chi connectivity index (χ2n) is 8.13. The molecule has 2 aromatic carbocycles. The van der Waals surface area contributed by atoms with Gasteiger partial charge in [-0.15, -0.1) is 0 Å². The number of carboxylic acid groups (broad SMARTS) is 1. The standard InChI is InChI=1S/C25H30N2O5/c1-17(15-23(28)26-14-8-2-3-13-24(29)30)27-25(31)32-16-22-20-11-6-4-9-18(20)19-10-5-7-12-21(19)22/h4-7,9-12,17,22H,2-3,8,13-16H2,1H3,(H,26,28)(H,27,31)(H,29,30)/t17-/m0/s1. The third-order valence-corrected chi connectivity index (χ3v) is 5.59. The van der Waals surface area contributed by atoms with Gasteiger partial charge in [0.2, 0.25) is 5.91 Å². The molecule has 0 heterocycles. The number of ether oxygens (including phenoxy) is 1. The van der Waals surface area contributed by atoms with Gasteiger partial charge < -0.3 is 20.5 Å². The summed E-state index contributed by atoms with van der Waals surface area (Å²) in [5, 5.41) is 14.1. The Morgan fingerprint density at radius 2 is 1.59 bits per heavy atom. The molecular weight excluding hydrogens is 408 g/mol. The summed E-state index contributed by atoms with van der Waals surface area (Å²) in [7, 11) is 0. The number of aliphatic carboxylic acids is 1. The van der Waals surface area contributed by atoms with E-state index >= 15 is 0 Å². The summed E-state index contributed by atoms with van der Waals surface area (Å²) in [6.45, 7) is 2.49. The first-order valence-corrected chi connectivity index (χ1v) is 11.1. The van der Waals surface area contributed by atoms with Crippen LogP contribution in [0.5, 0.6) is 0 Å². The van der Waals surface area contributed by atoms with E-state index in [4.69, 9.17) is 9.84 Å². The number of carboxylic acids is 1. The lowest BCUT2D eigenvalue weighted by Crippen LogP contribution is -2.38. The van der Waals surface area contributed by atoms with Crippen LogP contribution < -0.4 is 10.6 Å². The molecule has 0 fully saturated rings. The Kier molecular flexibility index (Phi) is 8.25. The van der Waals surface area contributed by atoms with Gasteiger partial charge in [-0.3, -0.25) is 9.59 Å². The minimum atomic E-state index is -0.804. The van der Waals surface area contributed by atoms with E-state index in [2.05, 4.69) is 34.9 Å². The summed E-state index contributed by atoms with van der Waals surface area (Å²) >= 11 is 0. The van der Waals surface area contributed by atoms with Gasteiger partial charge in [0, 0.05) is 31.3 Å². The SMILES string of the molecule is C[C@@H](CC(=O)NCCCCCC(=O)O)NC(=O)OCC1c2ccccc2-c2ccccc21.